The van der Waals surface area contributed by atoms with Gasteiger partial charge in [-0.1, -0.05) is 48.3 Å². The van der Waals surface area contributed by atoms with Crippen LogP contribution in [0.2, 0.25) is 0 Å². The molecule has 1 aromatic heterocycles. The normalized spacial score (nSPS) is 19.6. The lowest BCUT2D eigenvalue weighted by atomic mass is 10.1. The summed E-state index contributed by atoms with van der Waals surface area (Å²) in [5.74, 6) is 1.35. The van der Waals surface area contributed by atoms with Crippen LogP contribution in [0.3, 0.4) is 0 Å². The van der Waals surface area contributed by atoms with E-state index in [1.165, 1.54) is 19.3 Å². The van der Waals surface area contributed by atoms with Gasteiger partial charge in [0, 0.05) is 18.0 Å². The van der Waals surface area contributed by atoms with Crippen LogP contribution >= 0.6 is 0 Å². The molecule has 1 aliphatic rings. The van der Waals surface area contributed by atoms with Gasteiger partial charge >= 0.3 is 0 Å². The van der Waals surface area contributed by atoms with Crippen molar-refractivity contribution in [2.75, 3.05) is 19.7 Å². The van der Waals surface area contributed by atoms with Crippen LogP contribution in [-0.2, 0) is 6.42 Å². The van der Waals surface area contributed by atoms with Crippen LogP contribution in [0, 0.1) is 0 Å². The third-order valence-electron chi connectivity index (χ3n) is 4.55. The summed E-state index contributed by atoms with van der Waals surface area (Å²) in [6.45, 7) is 2.33. The second kappa shape index (κ2) is 8.22. The fourth-order valence-corrected chi connectivity index (χ4v) is 3.23. The molecular formula is C18H25N3O2. The van der Waals surface area contributed by atoms with Crippen LogP contribution in [-0.4, -0.2) is 45.9 Å². The SMILES string of the molecule is OCC1CCCCCN1CCCc1nc(-c2ccccc2)no1. The zero-order chi connectivity index (χ0) is 15.9. The van der Waals surface area contributed by atoms with Gasteiger partial charge in [-0.3, -0.25) is 4.90 Å². The third-order valence-corrected chi connectivity index (χ3v) is 4.55. The van der Waals surface area contributed by atoms with Gasteiger partial charge in [-0.25, -0.2) is 0 Å². The maximum absolute atomic E-state index is 9.55. The van der Waals surface area contributed by atoms with Gasteiger partial charge in [0.1, 0.15) is 0 Å². The van der Waals surface area contributed by atoms with Crippen molar-refractivity contribution in [3.8, 4) is 11.4 Å². The predicted molar refractivity (Wildman–Crippen MR) is 89.0 cm³/mol. The molecule has 23 heavy (non-hydrogen) atoms. The molecule has 1 unspecified atom stereocenters. The topological polar surface area (TPSA) is 62.4 Å². The van der Waals surface area contributed by atoms with Gasteiger partial charge in [-0.15, -0.1) is 0 Å². The van der Waals surface area contributed by atoms with Crippen LogP contribution in [0.15, 0.2) is 34.9 Å². The zero-order valence-electron chi connectivity index (χ0n) is 13.5. The van der Waals surface area contributed by atoms with Crippen molar-refractivity contribution in [2.24, 2.45) is 0 Å². The number of aliphatic hydroxyl groups excluding tert-OH is 1. The van der Waals surface area contributed by atoms with Gasteiger partial charge in [0.05, 0.1) is 6.61 Å². The number of hydrogen-bond donors (Lipinski definition) is 1. The van der Waals surface area contributed by atoms with Gasteiger partial charge in [0.15, 0.2) is 0 Å². The first-order valence-corrected chi connectivity index (χ1v) is 8.60. The van der Waals surface area contributed by atoms with Crippen molar-refractivity contribution in [2.45, 2.75) is 44.6 Å². The number of benzene rings is 1. The molecule has 1 fully saturated rings. The van der Waals surface area contributed by atoms with Gasteiger partial charge < -0.3 is 9.63 Å². The summed E-state index contributed by atoms with van der Waals surface area (Å²) in [5, 5.41) is 13.6. The average Bonchev–Trinajstić information content (AvgIpc) is 2.95. The molecular weight excluding hydrogens is 290 g/mol. The number of aliphatic hydroxyl groups is 1. The molecule has 5 nitrogen and oxygen atoms in total. The summed E-state index contributed by atoms with van der Waals surface area (Å²) in [4.78, 5) is 6.89. The molecule has 3 rings (SSSR count). The molecule has 2 aromatic rings. The molecule has 1 aromatic carbocycles. The highest BCUT2D eigenvalue weighted by atomic mass is 16.5. The molecule has 0 radical (unpaired) electrons. The van der Waals surface area contributed by atoms with Gasteiger partial charge in [-0.2, -0.15) is 4.98 Å². The predicted octanol–water partition coefficient (Wildman–Crippen LogP) is 2.91. The molecule has 0 amide bonds. The lowest BCUT2D eigenvalue weighted by molar-refractivity contribution is 0.123. The largest absolute Gasteiger partial charge is 0.395 e. The van der Waals surface area contributed by atoms with Crippen LogP contribution in [0.5, 0.6) is 0 Å². The Balaban J connectivity index is 1.51. The van der Waals surface area contributed by atoms with Crippen LogP contribution in [0.4, 0.5) is 0 Å². The van der Waals surface area contributed by atoms with E-state index >= 15 is 0 Å². The van der Waals surface area contributed by atoms with Gasteiger partial charge in [0.2, 0.25) is 11.7 Å². The zero-order valence-corrected chi connectivity index (χ0v) is 13.5. The number of rotatable bonds is 6. The van der Waals surface area contributed by atoms with Crippen molar-refractivity contribution in [1.29, 1.82) is 0 Å². The van der Waals surface area contributed by atoms with Crippen LogP contribution in [0.1, 0.15) is 38.0 Å². The molecule has 1 aliphatic heterocycles. The molecule has 1 N–H and O–H groups in total. The molecule has 0 saturated carbocycles. The number of nitrogens with zero attached hydrogens (tertiary/aromatic N) is 3. The smallest absolute Gasteiger partial charge is 0.227 e. The quantitative estimate of drug-likeness (QED) is 0.888. The number of aryl methyl sites for hydroxylation is 1. The maximum atomic E-state index is 9.55. The van der Waals surface area contributed by atoms with E-state index in [0.29, 0.717) is 17.8 Å². The Hall–Kier alpha value is -1.72. The van der Waals surface area contributed by atoms with E-state index < -0.39 is 0 Å². The highest BCUT2D eigenvalue weighted by molar-refractivity contribution is 5.53. The summed E-state index contributed by atoms with van der Waals surface area (Å²) in [6.07, 6.45) is 6.61. The second-order valence-corrected chi connectivity index (χ2v) is 6.20. The lowest BCUT2D eigenvalue weighted by Crippen LogP contribution is -2.38. The first-order valence-electron chi connectivity index (χ1n) is 8.60. The van der Waals surface area contributed by atoms with E-state index in [-0.39, 0.29) is 6.61 Å². The Labute approximate surface area is 137 Å². The van der Waals surface area contributed by atoms with Crippen molar-refractivity contribution in [3.63, 3.8) is 0 Å². The fourth-order valence-electron chi connectivity index (χ4n) is 3.23. The van der Waals surface area contributed by atoms with E-state index in [0.717, 1.165) is 37.9 Å². The monoisotopic (exact) mass is 315 g/mol. The Bertz CT molecular complexity index is 585. The summed E-state index contributed by atoms with van der Waals surface area (Å²) in [7, 11) is 0. The van der Waals surface area contributed by atoms with E-state index in [1.54, 1.807) is 0 Å². The maximum Gasteiger partial charge on any atom is 0.227 e. The van der Waals surface area contributed by atoms with Crippen molar-refractivity contribution in [1.82, 2.24) is 15.0 Å². The van der Waals surface area contributed by atoms with Gasteiger partial charge in [-0.05, 0) is 32.4 Å². The Morgan fingerprint density at radius 1 is 1.17 bits per heavy atom. The van der Waals surface area contributed by atoms with E-state index in [2.05, 4.69) is 15.0 Å². The lowest BCUT2D eigenvalue weighted by Gasteiger charge is -2.28. The molecule has 0 aliphatic carbocycles. The van der Waals surface area contributed by atoms with Crippen LogP contribution < -0.4 is 0 Å². The molecule has 2 heterocycles. The Morgan fingerprint density at radius 3 is 2.87 bits per heavy atom. The minimum absolute atomic E-state index is 0.263. The van der Waals surface area contributed by atoms with Crippen molar-refractivity contribution >= 4 is 0 Å². The standard InChI is InChI=1S/C18H25N3O2/c22-14-16-10-5-2-6-12-21(16)13-7-11-17-19-18(20-23-17)15-8-3-1-4-9-15/h1,3-4,8-9,16,22H,2,5-7,10-14H2. The molecule has 5 heteroatoms. The highest BCUT2D eigenvalue weighted by Crippen LogP contribution is 2.18. The molecule has 0 spiro atoms. The minimum atomic E-state index is 0.263. The molecule has 124 valence electrons. The van der Waals surface area contributed by atoms with Crippen LogP contribution in [0.25, 0.3) is 11.4 Å². The number of aromatic nitrogens is 2. The minimum Gasteiger partial charge on any atom is -0.395 e. The first kappa shape index (κ1) is 16.1. The highest BCUT2D eigenvalue weighted by Gasteiger charge is 2.20. The van der Waals surface area contributed by atoms with E-state index in [1.807, 2.05) is 30.3 Å². The summed E-state index contributed by atoms with van der Waals surface area (Å²) in [6, 6.07) is 10.2. The second-order valence-electron chi connectivity index (χ2n) is 6.20. The van der Waals surface area contributed by atoms with E-state index in [4.69, 9.17) is 4.52 Å². The molecule has 0 bridgehead atoms. The summed E-state index contributed by atoms with van der Waals surface area (Å²) >= 11 is 0. The summed E-state index contributed by atoms with van der Waals surface area (Å²) < 4.78 is 5.36. The summed E-state index contributed by atoms with van der Waals surface area (Å²) in [5.41, 5.74) is 0.982. The number of hydrogen-bond acceptors (Lipinski definition) is 5. The van der Waals surface area contributed by atoms with Crippen molar-refractivity contribution in [3.05, 3.63) is 36.2 Å². The fraction of sp³-hybridized carbons (Fsp3) is 0.556. The van der Waals surface area contributed by atoms with Gasteiger partial charge in [0.25, 0.3) is 0 Å². The van der Waals surface area contributed by atoms with Crippen molar-refractivity contribution < 1.29 is 9.63 Å². The first-order chi connectivity index (χ1) is 11.4. The molecule has 1 saturated heterocycles. The number of likely N-dealkylation sites (tertiary alicyclic amines) is 1. The third kappa shape index (κ3) is 4.39. The Morgan fingerprint density at radius 2 is 2.04 bits per heavy atom. The Kier molecular flexibility index (Phi) is 5.77. The average molecular weight is 315 g/mol. The molecule has 1 atom stereocenters. The van der Waals surface area contributed by atoms with E-state index in [9.17, 15) is 5.11 Å².